The number of rotatable bonds is 4. The van der Waals surface area contributed by atoms with Crippen LogP contribution in [0.5, 0.6) is 0 Å². The van der Waals surface area contributed by atoms with E-state index in [0.717, 1.165) is 52.1 Å². The smallest absolute Gasteiger partial charge is 0.222 e. The van der Waals surface area contributed by atoms with Gasteiger partial charge >= 0.3 is 0 Å². The Morgan fingerprint density at radius 2 is 1.85 bits per heavy atom. The molecule has 1 saturated carbocycles. The Morgan fingerprint density at radius 3 is 2.62 bits per heavy atom. The van der Waals surface area contributed by atoms with Crippen molar-refractivity contribution in [1.82, 2.24) is 9.80 Å². The van der Waals surface area contributed by atoms with E-state index in [-0.39, 0.29) is 12.4 Å². The average Bonchev–Trinajstić information content (AvgIpc) is 3.13. The molecule has 4 rings (SSSR count). The molecule has 1 N–H and O–H groups in total. The van der Waals surface area contributed by atoms with Gasteiger partial charge in [-0.05, 0) is 36.3 Å². The summed E-state index contributed by atoms with van der Waals surface area (Å²) in [4.78, 5) is 17.2. The standard InChI is InChI=1S/C21H31N3O.ClH/c25-20(15-17-5-2-1-3-6-17)24-13-11-23(12-14-24)16-19-8-4-7-18-9-10-22-21(18)19;/h4,7-8,17,22H,1-3,5-6,9-16H2;1H. The molecule has 1 aromatic rings. The summed E-state index contributed by atoms with van der Waals surface area (Å²) in [6, 6.07) is 6.67. The molecule has 5 heteroatoms. The second-order valence-electron chi connectivity index (χ2n) is 7.99. The van der Waals surface area contributed by atoms with Crippen molar-refractivity contribution in [2.75, 3.05) is 38.0 Å². The zero-order valence-corrected chi connectivity index (χ0v) is 16.5. The molecule has 1 saturated heterocycles. The van der Waals surface area contributed by atoms with Gasteiger partial charge in [0.25, 0.3) is 0 Å². The quantitative estimate of drug-likeness (QED) is 0.869. The van der Waals surface area contributed by atoms with Crippen molar-refractivity contribution in [3.8, 4) is 0 Å². The third-order valence-corrected chi connectivity index (χ3v) is 6.24. The summed E-state index contributed by atoms with van der Waals surface area (Å²) in [6.07, 6.45) is 8.46. The maximum atomic E-state index is 12.6. The number of hydrogen-bond acceptors (Lipinski definition) is 3. The fourth-order valence-electron chi connectivity index (χ4n) is 4.71. The van der Waals surface area contributed by atoms with Gasteiger partial charge in [-0.3, -0.25) is 9.69 Å². The van der Waals surface area contributed by atoms with Crippen molar-refractivity contribution in [2.45, 2.75) is 51.5 Å². The number of halogens is 1. The summed E-state index contributed by atoms with van der Waals surface area (Å²) >= 11 is 0. The lowest BCUT2D eigenvalue weighted by atomic mass is 9.86. The number of anilines is 1. The lowest BCUT2D eigenvalue weighted by Gasteiger charge is -2.36. The molecule has 0 radical (unpaired) electrons. The summed E-state index contributed by atoms with van der Waals surface area (Å²) < 4.78 is 0. The molecule has 0 aromatic heterocycles. The first-order chi connectivity index (χ1) is 12.3. The minimum Gasteiger partial charge on any atom is -0.384 e. The van der Waals surface area contributed by atoms with Gasteiger partial charge in [-0.1, -0.05) is 37.5 Å². The second kappa shape index (κ2) is 9.09. The Bertz CT molecular complexity index is 607. The molecule has 1 amide bonds. The summed E-state index contributed by atoms with van der Waals surface area (Å²) in [5.41, 5.74) is 4.23. The number of nitrogens with zero attached hydrogens (tertiary/aromatic N) is 2. The van der Waals surface area contributed by atoms with Gasteiger partial charge in [0.2, 0.25) is 5.91 Å². The van der Waals surface area contributed by atoms with Crippen LogP contribution in [0.25, 0.3) is 0 Å². The number of carbonyl (C=O) groups excluding carboxylic acids is 1. The monoisotopic (exact) mass is 377 g/mol. The minimum atomic E-state index is 0. The molecule has 144 valence electrons. The van der Waals surface area contributed by atoms with Crippen LogP contribution in [0.4, 0.5) is 5.69 Å². The fourth-order valence-corrected chi connectivity index (χ4v) is 4.71. The molecular weight excluding hydrogens is 346 g/mol. The summed E-state index contributed by atoms with van der Waals surface area (Å²) in [7, 11) is 0. The van der Waals surface area contributed by atoms with E-state index in [1.54, 1.807) is 0 Å². The van der Waals surface area contributed by atoms with E-state index < -0.39 is 0 Å². The number of piperazine rings is 1. The van der Waals surface area contributed by atoms with Crippen LogP contribution < -0.4 is 5.32 Å². The highest BCUT2D eigenvalue weighted by molar-refractivity contribution is 5.85. The number of carbonyl (C=O) groups is 1. The molecule has 26 heavy (non-hydrogen) atoms. The second-order valence-corrected chi connectivity index (χ2v) is 7.99. The molecule has 2 aliphatic heterocycles. The lowest BCUT2D eigenvalue weighted by Crippen LogP contribution is -2.48. The average molecular weight is 378 g/mol. The van der Waals surface area contributed by atoms with Crippen molar-refractivity contribution in [3.63, 3.8) is 0 Å². The van der Waals surface area contributed by atoms with E-state index in [0.29, 0.717) is 11.8 Å². The number of hydrogen-bond donors (Lipinski definition) is 1. The molecular formula is C21H32ClN3O. The van der Waals surface area contributed by atoms with E-state index in [4.69, 9.17) is 0 Å². The van der Waals surface area contributed by atoms with E-state index >= 15 is 0 Å². The Balaban J connectivity index is 0.00000196. The summed E-state index contributed by atoms with van der Waals surface area (Å²) in [5, 5.41) is 3.54. The molecule has 0 atom stereocenters. The van der Waals surface area contributed by atoms with Crippen molar-refractivity contribution in [1.29, 1.82) is 0 Å². The van der Waals surface area contributed by atoms with Crippen LogP contribution in [0.2, 0.25) is 0 Å². The maximum Gasteiger partial charge on any atom is 0.222 e. The van der Waals surface area contributed by atoms with Gasteiger partial charge < -0.3 is 10.2 Å². The first-order valence-electron chi connectivity index (χ1n) is 10.1. The lowest BCUT2D eigenvalue weighted by molar-refractivity contribution is -0.134. The Hall–Kier alpha value is -1.26. The zero-order chi connectivity index (χ0) is 17.1. The number of para-hydroxylation sites is 1. The van der Waals surface area contributed by atoms with Gasteiger partial charge in [-0.2, -0.15) is 0 Å². The van der Waals surface area contributed by atoms with Crippen LogP contribution in [0, 0.1) is 5.92 Å². The van der Waals surface area contributed by atoms with E-state index in [1.807, 2.05) is 0 Å². The highest BCUT2D eigenvalue weighted by Gasteiger charge is 2.25. The van der Waals surface area contributed by atoms with Gasteiger partial charge in [-0.15, -0.1) is 12.4 Å². The minimum absolute atomic E-state index is 0. The van der Waals surface area contributed by atoms with Crippen molar-refractivity contribution in [3.05, 3.63) is 29.3 Å². The maximum absolute atomic E-state index is 12.6. The van der Waals surface area contributed by atoms with Crippen molar-refractivity contribution < 1.29 is 4.79 Å². The van der Waals surface area contributed by atoms with E-state index in [9.17, 15) is 4.79 Å². The van der Waals surface area contributed by atoms with Crippen LogP contribution in [0.15, 0.2) is 18.2 Å². The molecule has 4 nitrogen and oxygen atoms in total. The van der Waals surface area contributed by atoms with Crippen molar-refractivity contribution in [2.24, 2.45) is 5.92 Å². The highest BCUT2D eigenvalue weighted by atomic mass is 35.5. The Kier molecular flexibility index (Phi) is 6.82. The third-order valence-electron chi connectivity index (χ3n) is 6.24. The van der Waals surface area contributed by atoms with Gasteiger partial charge in [0.05, 0.1) is 0 Å². The number of amides is 1. The summed E-state index contributed by atoms with van der Waals surface area (Å²) in [5.74, 6) is 1.05. The Labute approximate surface area is 163 Å². The molecule has 3 aliphatic rings. The molecule has 0 bridgehead atoms. The zero-order valence-electron chi connectivity index (χ0n) is 15.7. The predicted octanol–water partition coefficient (Wildman–Crippen LogP) is 3.69. The van der Waals surface area contributed by atoms with Crippen LogP contribution >= 0.6 is 12.4 Å². The van der Waals surface area contributed by atoms with Gasteiger partial charge in [-0.25, -0.2) is 0 Å². The summed E-state index contributed by atoms with van der Waals surface area (Å²) in [6.45, 7) is 5.86. The van der Waals surface area contributed by atoms with Crippen LogP contribution in [0.3, 0.4) is 0 Å². The molecule has 1 aliphatic carbocycles. The molecule has 2 fully saturated rings. The first-order valence-corrected chi connectivity index (χ1v) is 10.1. The number of fused-ring (bicyclic) bond motifs is 1. The SMILES string of the molecule is Cl.O=C(CC1CCCCC1)N1CCN(Cc2cccc3c2NCC3)CC1. The van der Waals surface area contributed by atoms with E-state index in [2.05, 4.69) is 33.3 Å². The number of benzene rings is 1. The fraction of sp³-hybridized carbons (Fsp3) is 0.667. The first kappa shape index (κ1) is 19.5. The van der Waals surface area contributed by atoms with Crippen LogP contribution in [-0.2, 0) is 17.8 Å². The Morgan fingerprint density at radius 1 is 1.08 bits per heavy atom. The topological polar surface area (TPSA) is 35.6 Å². The van der Waals surface area contributed by atoms with Gasteiger partial charge in [0, 0.05) is 51.4 Å². The largest absolute Gasteiger partial charge is 0.384 e. The highest BCUT2D eigenvalue weighted by Crippen LogP contribution is 2.28. The van der Waals surface area contributed by atoms with Crippen LogP contribution in [-0.4, -0.2) is 48.4 Å². The normalized spacial score (nSPS) is 21.0. The van der Waals surface area contributed by atoms with E-state index in [1.165, 1.54) is 48.9 Å². The third kappa shape index (κ3) is 4.52. The van der Waals surface area contributed by atoms with Crippen LogP contribution in [0.1, 0.15) is 49.7 Å². The number of nitrogens with one attached hydrogen (secondary N) is 1. The van der Waals surface area contributed by atoms with Gasteiger partial charge in [0.15, 0.2) is 0 Å². The van der Waals surface area contributed by atoms with Gasteiger partial charge in [0.1, 0.15) is 0 Å². The molecule has 0 spiro atoms. The predicted molar refractivity (Wildman–Crippen MR) is 109 cm³/mol. The molecule has 0 unspecified atom stereocenters. The molecule has 1 aromatic carbocycles. The molecule has 2 heterocycles. The van der Waals surface area contributed by atoms with Crippen molar-refractivity contribution >= 4 is 24.0 Å².